The number of nitrogens with zero attached hydrogens (tertiary/aromatic N) is 3. The van der Waals surface area contributed by atoms with Crippen LogP contribution in [0.5, 0.6) is 0 Å². The molecule has 0 unspecified atom stereocenters. The van der Waals surface area contributed by atoms with Gasteiger partial charge < -0.3 is 16.0 Å². The number of benzene rings is 1. The van der Waals surface area contributed by atoms with E-state index in [-0.39, 0.29) is 11.3 Å². The number of hydrogen-bond donors (Lipinski definition) is 2. The van der Waals surface area contributed by atoms with Gasteiger partial charge in [0.15, 0.2) is 5.96 Å². The molecule has 6 nitrogen and oxygen atoms in total. The number of aromatic nitrogens is 2. The Morgan fingerprint density at radius 2 is 2.00 bits per heavy atom. The zero-order chi connectivity index (χ0) is 16.5. The van der Waals surface area contributed by atoms with Gasteiger partial charge >= 0.3 is 6.18 Å². The van der Waals surface area contributed by atoms with E-state index in [2.05, 4.69) is 9.98 Å². The van der Waals surface area contributed by atoms with Crippen molar-refractivity contribution in [1.29, 1.82) is 0 Å². The number of rotatable bonds is 2. The number of hydrogen-bond acceptors (Lipinski definition) is 2. The van der Waals surface area contributed by atoms with Crippen molar-refractivity contribution in [1.82, 2.24) is 9.55 Å². The molecule has 1 amide bonds. The molecule has 0 bridgehead atoms. The Morgan fingerprint density at radius 3 is 2.50 bits per heavy atom. The SMILES string of the molecule is Cc1cn(-c2ccc(C(=O)N=C(N)N)cc2C(F)(F)F)cn1. The highest BCUT2D eigenvalue weighted by Crippen LogP contribution is 2.34. The third-order valence-corrected chi connectivity index (χ3v) is 2.77. The van der Waals surface area contributed by atoms with Gasteiger partial charge in [-0.15, -0.1) is 0 Å². The van der Waals surface area contributed by atoms with Crippen LogP contribution in [0.2, 0.25) is 0 Å². The van der Waals surface area contributed by atoms with Crippen LogP contribution in [-0.2, 0) is 6.18 Å². The number of guanidine groups is 1. The van der Waals surface area contributed by atoms with Crippen LogP contribution in [0.1, 0.15) is 21.6 Å². The minimum atomic E-state index is -4.65. The number of imidazole rings is 1. The minimum Gasteiger partial charge on any atom is -0.370 e. The van der Waals surface area contributed by atoms with Gasteiger partial charge in [0.05, 0.1) is 23.3 Å². The maximum Gasteiger partial charge on any atom is 0.418 e. The number of halogens is 3. The minimum absolute atomic E-state index is 0.144. The summed E-state index contributed by atoms with van der Waals surface area (Å²) >= 11 is 0. The van der Waals surface area contributed by atoms with Gasteiger partial charge in [-0.25, -0.2) is 4.98 Å². The molecule has 0 saturated carbocycles. The lowest BCUT2D eigenvalue weighted by molar-refractivity contribution is -0.137. The third kappa shape index (κ3) is 3.25. The van der Waals surface area contributed by atoms with Crippen molar-refractivity contribution < 1.29 is 18.0 Å². The van der Waals surface area contributed by atoms with Crippen molar-refractivity contribution in [2.24, 2.45) is 16.5 Å². The molecule has 2 aromatic rings. The van der Waals surface area contributed by atoms with Crippen LogP contribution >= 0.6 is 0 Å². The Kier molecular flexibility index (Phi) is 3.89. The largest absolute Gasteiger partial charge is 0.418 e. The second-order valence-electron chi connectivity index (χ2n) is 4.49. The number of nitrogens with two attached hydrogens (primary N) is 2. The highest BCUT2D eigenvalue weighted by Gasteiger charge is 2.34. The van der Waals surface area contributed by atoms with Crippen molar-refractivity contribution >= 4 is 11.9 Å². The van der Waals surface area contributed by atoms with E-state index < -0.39 is 23.6 Å². The molecule has 4 N–H and O–H groups in total. The standard InChI is InChI=1S/C13H12F3N5O/c1-7-5-21(6-19-7)10-3-2-8(11(22)20-12(17)18)4-9(10)13(14,15)16/h2-6H,1H3,(H4,17,18,20,22). The zero-order valence-electron chi connectivity index (χ0n) is 11.4. The summed E-state index contributed by atoms with van der Waals surface area (Å²) in [6.45, 7) is 1.65. The van der Waals surface area contributed by atoms with Crippen molar-refractivity contribution in [2.45, 2.75) is 13.1 Å². The molecule has 0 aliphatic carbocycles. The average molecular weight is 311 g/mol. The fraction of sp³-hybridized carbons (Fsp3) is 0.154. The Morgan fingerprint density at radius 1 is 1.32 bits per heavy atom. The van der Waals surface area contributed by atoms with E-state index in [9.17, 15) is 18.0 Å². The summed E-state index contributed by atoms with van der Waals surface area (Å²) in [6.07, 6.45) is -1.94. The fourth-order valence-electron chi connectivity index (χ4n) is 1.86. The van der Waals surface area contributed by atoms with Crippen LogP contribution in [0.4, 0.5) is 13.2 Å². The molecule has 2 rings (SSSR count). The van der Waals surface area contributed by atoms with E-state index in [1.54, 1.807) is 6.92 Å². The summed E-state index contributed by atoms with van der Waals surface area (Å²) in [6, 6.07) is 3.09. The Hall–Kier alpha value is -2.84. The molecule has 0 radical (unpaired) electrons. The summed E-state index contributed by atoms with van der Waals surface area (Å²) in [5.41, 5.74) is 9.27. The normalized spacial score (nSPS) is 11.3. The van der Waals surface area contributed by atoms with Crippen molar-refractivity contribution in [2.75, 3.05) is 0 Å². The van der Waals surface area contributed by atoms with Gasteiger partial charge in [0.25, 0.3) is 5.91 Å². The second kappa shape index (κ2) is 5.51. The molecular weight excluding hydrogens is 299 g/mol. The first kappa shape index (κ1) is 15.5. The number of amides is 1. The molecule has 0 saturated heterocycles. The van der Waals surface area contributed by atoms with Crippen molar-refractivity contribution in [3.8, 4) is 5.69 Å². The van der Waals surface area contributed by atoms with E-state index in [1.165, 1.54) is 29.2 Å². The summed E-state index contributed by atoms with van der Waals surface area (Å²) in [7, 11) is 0. The van der Waals surface area contributed by atoms with Crippen LogP contribution in [0, 0.1) is 6.92 Å². The molecule has 0 fully saturated rings. The van der Waals surface area contributed by atoms with Gasteiger partial charge in [0.2, 0.25) is 0 Å². The quantitative estimate of drug-likeness (QED) is 0.650. The number of aryl methyl sites for hydroxylation is 1. The van der Waals surface area contributed by atoms with Gasteiger partial charge in [-0.2, -0.15) is 18.2 Å². The molecule has 9 heteroatoms. The molecule has 116 valence electrons. The first-order valence-electron chi connectivity index (χ1n) is 6.04. The molecule has 0 aliphatic rings. The molecule has 0 aliphatic heterocycles. The molecule has 0 spiro atoms. The lowest BCUT2D eigenvalue weighted by atomic mass is 10.1. The lowest BCUT2D eigenvalue weighted by Gasteiger charge is -2.14. The molecule has 1 aromatic heterocycles. The maximum atomic E-state index is 13.2. The highest BCUT2D eigenvalue weighted by atomic mass is 19.4. The van der Waals surface area contributed by atoms with Gasteiger partial charge in [0.1, 0.15) is 0 Å². The van der Waals surface area contributed by atoms with Gasteiger partial charge in [0, 0.05) is 11.8 Å². The van der Waals surface area contributed by atoms with E-state index in [4.69, 9.17) is 11.5 Å². The van der Waals surface area contributed by atoms with E-state index in [0.29, 0.717) is 11.8 Å². The summed E-state index contributed by atoms with van der Waals surface area (Å²) in [5, 5.41) is 0. The Bertz CT molecular complexity index is 744. The van der Waals surface area contributed by atoms with Crippen LogP contribution < -0.4 is 11.5 Å². The van der Waals surface area contributed by atoms with Crippen molar-refractivity contribution in [3.05, 3.63) is 47.5 Å². The van der Waals surface area contributed by atoms with Crippen LogP contribution in [0.25, 0.3) is 5.69 Å². The van der Waals surface area contributed by atoms with E-state index in [1.807, 2.05) is 0 Å². The molecular formula is C13H12F3N5O. The topological polar surface area (TPSA) is 99.3 Å². The molecule has 0 atom stereocenters. The van der Waals surface area contributed by atoms with Crippen LogP contribution in [-0.4, -0.2) is 21.4 Å². The van der Waals surface area contributed by atoms with Crippen LogP contribution in [0.3, 0.4) is 0 Å². The van der Waals surface area contributed by atoms with Gasteiger partial charge in [-0.3, -0.25) is 4.79 Å². The number of aliphatic imine (C=N–C) groups is 1. The predicted molar refractivity (Wildman–Crippen MR) is 73.4 cm³/mol. The zero-order valence-corrected chi connectivity index (χ0v) is 11.4. The summed E-state index contributed by atoms with van der Waals surface area (Å²) in [5.74, 6) is -1.47. The smallest absolute Gasteiger partial charge is 0.370 e. The number of carbonyl (C=O) groups is 1. The van der Waals surface area contributed by atoms with Gasteiger partial charge in [-0.1, -0.05) is 0 Å². The van der Waals surface area contributed by atoms with E-state index >= 15 is 0 Å². The Balaban J connectivity index is 2.58. The fourth-order valence-corrected chi connectivity index (χ4v) is 1.86. The number of carbonyl (C=O) groups excluding carboxylic acids is 1. The first-order chi connectivity index (χ1) is 10.2. The summed E-state index contributed by atoms with van der Waals surface area (Å²) < 4.78 is 40.9. The van der Waals surface area contributed by atoms with E-state index in [0.717, 1.165) is 0 Å². The van der Waals surface area contributed by atoms with Crippen LogP contribution in [0.15, 0.2) is 35.7 Å². The predicted octanol–water partition coefficient (Wildman–Crippen LogP) is 1.61. The highest BCUT2D eigenvalue weighted by molar-refractivity contribution is 6.02. The monoisotopic (exact) mass is 311 g/mol. The number of alkyl halides is 3. The average Bonchev–Trinajstić information content (AvgIpc) is 2.83. The Labute approximate surface area is 123 Å². The second-order valence-corrected chi connectivity index (χ2v) is 4.49. The third-order valence-electron chi connectivity index (χ3n) is 2.77. The van der Waals surface area contributed by atoms with Crippen molar-refractivity contribution in [3.63, 3.8) is 0 Å². The lowest BCUT2D eigenvalue weighted by Crippen LogP contribution is -2.24. The molecule has 1 heterocycles. The molecule has 22 heavy (non-hydrogen) atoms. The molecule has 1 aromatic carbocycles. The summed E-state index contributed by atoms with van der Waals surface area (Å²) in [4.78, 5) is 18.8. The first-order valence-corrected chi connectivity index (χ1v) is 6.04. The maximum absolute atomic E-state index is 13.2. The van der Waals surface area contributed by atoms with Gasteiger partial charge in [-0.05, 0) is 25.1 Å².